The highest BCUT2D eigenvalue weighted by Gasteiger charge is 2.19. The maximum Gasteiger partial charge on any atom is 0.141 e. The summed E-state index contributed by atoms with van der Waals surface area (Å²) in [5, 5.41) is 8.02. The van der Waals surface area contributed by atoms with Crippen LogP contribution in [0.4, 0.5) is 0 Å². The van der Waals surface area contributed by atoms with Crippen LogP contribution in [0.25, 0.3) is 0 Å². The standard InChI is InChI=1S/C13H19N3S/c1-9-3-2-4-10(7-9)17-11-5-6-12(13(14)15)16-8-11/h5-6,8-10H,2-4,7H2,1H3,(H3,14,15). The summed E-state index contributed by atoms with van der Waals surface area (Å²) in [5.74, 6) is 0.888. The van der Waals surface area contributed by atoms with Gasteiger partial charge < -0.3 is 5.73 Å². The van der Waals surface area contributed by atoms with Gasteiger partial charge in [0, 0.05) is 16.3 Å². The molecule has 1 aromatic rings. The van der Waals surface area contributed by atoms with Crippen LogP contribution < -0.4 is 5.73 Å². The normalized spacial score (nSPS) is 24.5. The molecule has 1 fully saturated rings. The minimum atomic E-state index is 0.0350. The van der Waals surface area contributed by atoms with Gasteiger partial charge in [-0.1, -0.05) is 19.8 Å². The van der Waals surface area contributed by atoms with E-state index < -0.39 is 0 Å². The second-order valence-electron chi connectivity index (χ2n) is 4.80. The third-order valence-electron chi connectivity index (χ3n) is 3.20. The van der Waals surface area contributed by atoms with Crippen LogP contribution in [0.3, 0.4) is 0 Å². The molecule has 4 heteroatoms. The van der Waals surface area contributed by atoms with Crippen molar-refractivity contribution in [3.63, 3.8) is 0 Å². The van der Waals surface area contributed by atoms with E-state index in [1.807, 2.05) is 30.1 Å². The molecule has 1 heterocycles. The molecule has 1 aliphatic carbocycles. The molecular formula is C13H19N3S. The minimum absolute atomic E-state index is 0.0350. The third-order valence-corrected chi connectivity index (χ3v) is 4.48. The van der Waals surface area contributed by atoms with Crippen molar-refractivity contribution in [2.45, 2.75) is 42.8 Å². The predicted molar refractivity (Wildman–Crippen MR) is 72.5 cm³/mol. The molecule has 0 aromatic carbocycles. The summed E-state index contributed by atoms with van der Waals surface area (Å²) in [6.45, 7) is 2.34. The number of nitrogens with one attached hydrogen (secondary N) is 1. The first-order valence-electron chi connectivity index (χ1n) is 6.12. The van der Waals surface area contributed by atoms with Gasteiger partial charge in [-0.05, 0) is 30.9 Å². The zero-order chi connectivity index (χ0) is 12.3. The Balaban J connectivity index is 1.96. The lowest BCUT2D eigenvalue weighted by molar-refractivity contribution is 0.394. The number of hydrogen-bond acceptors (Lipinski definition) is 3. The first-order valence-corrected chi connectivity index (χ1v) is 7.00. The van der Waals surface area contributed by atoms with E-state index in [0.717, 1.165) is 11.2 Å². The van der Waals surface area contributed by atoms with E-state index in [4.69, 9.17) is 11.1 Å². The van der Waals surface area contributed by atoms with E-state index in [2.05, 4.69) is 11.9 Å². The lowest BCUT2D eigenvalue weighted by Gasteiger charge is -2.26. The van der Waals surface area contributed by atoms with Gasteiger partial charge in [-0.25, -0.2) is 0 Å². The van der Waals surface area contributed by atoms with Crippen LogP contribution in [0.15, 0.2) is 23.2 Å². The Labute approximate surface area is 107 Å². The maximum atomic E-state index is 7.29. The van der Waals surface area contributed by atoms with Crippen molar-refractivity contribution in [1.82, 2.24) is 4.98 Å². The Morgan fingerprint density at radius 1 is 1.47 bits per heavy atom. The number of aromatic nitrogens is 1. The van der Waals surface area contributed by atoms with Gasteiger partial charge in [-0.2, -0.15) is 0 Å². The van der Waals surface area contributed by atoms with Crippen LogP contribution in [0.1, 0.15) is 38.3 Å². The van der Waals surface area contributed by atoms with Crippen molar-refractivity contribution in [3.05, 3.63) is 24.0 Å². The highest BCUT2D eigenvalue weighted by atomic mass is 32.2. The van der Waals surface area contributed by atoms with Crippen LogP contribution in [-0.4, -0.2) is 16.1 Å². The van der Waals surface area contributed by atoms with Crippen LogP contribution in [0.2, 0.25) is 0 Å². The van der Waals surface area contributed by atoms with Gasteiger partial charge in [0.1, 0.15) is 11.5 Å². The van der Waals surface area contributed by atoms with Crippen molar-refractivity contribution < 1.29 is 0 Å². The van der Waals surface area contributed by atoms with Gasteiger partial charge in [0.25, 0.3) is 0 Å². The average Bonchev–Trinajstić information content (AvgIpc) is 2.29. The summed E-state index contributed by atoms with van der Waals surface area (Å²) < 4.78 is 0. The predicted octanol–water partition coefficient (Wildman–Crippen LogP) is 3.04. The van der Waals surface area contributed by atoms with E-state index in [0.29, 0.717) is 5.69 Å². The minimum Gasteiger partial charge on any atom is -0.382 e. The number of thioether (sulfide) groups is 1. The molecule has 0 amide bonds. The number of nitrogen functional groups attached to an aromatic ring is 1. The Morgan fingerprint density at radius 3 is 2.88 bits per heavy atom. The SMILES string of the molecule is CC1CCCC(Sc2ccc(C(=N)N)nc2)C1. The summed E-state index contributed by atoms with van der Waals surface area (Å²) in [6, 6.07) is 3.85. The van der Waals surface area contributed by atoms with Crippen LogP contribution in [-0.2, 0) is 0 Å². The molecule has 1 saturated carbocycles. The Bertz CT molecular complexity index is 388. The van der Waals surface area contributed by atoms with Crippen molar-refractivity contribution in [2.24, 2.45) is 11.7 Å². The first-order chi connectivity index (χ1) is 8.15. The number of hydrogen-bond donors (Lipinski definition) is 2. The first kappa shape index (κ1) is 12.4. The maximum absolute atomic E-state index is 7.29. The van der Waals surface area contributed by atoms with Crippen molar-refractivity contribution in [3.8, 4) is 0 Å². The molecule has 3 N–H and O–H groups in total. The summed E-state index contributed by atoms with van der Waals surface area (Å²) in [7, 11) is 0. The van der Waals surface area contributed by atoms with Gasteiger partial charge in [0.2, 0.25) is 0 Å². The van der Waals surface area contributed by atoms with E-state index in [1.165, 1.54) is 30.6 Å². The molecule has 0 saturated heterocycles. The molecule has 92 valence electrons. The topological polar surface area (TPSA) is 62.8 Å². The number of rotatable bonds is 3. The van der Waals surface area contributed by atoms with Crippen LogP contribution in [0.5, 0.6) is 0 Å². The second-order valence-corrected chi connectivity index (χ2v) is 6.18. The molecule has 0 bridgehead atoms. The van der Waals surface area contributed by atoms with Crippen LogP contribution >= 0.6 is 11.8 Å². The fourth-order valence-corrected chi connectivity index (χ4v) is 3.64. The fourth-order valence-electron chi connectivity index (χ4n) is 2.29. The van der Waals surface area contributed by atoms with E-state index >= 15 is 0 Å². The molecule has 2 atom stereocenters. The zero-order valence-corrected chi connectivity index (χ0v) is 11.0. The van der Waals surface area contributed by atoms with Gasteiger partial charge in [0.15, 0.2) is 0 Å². The molecule has 0 spiro atoms. The molecule has 17 heavy (non-hydrogen) atoms. The molecule has 1 aliphatic rings. The zero-order valence-electron chi connectivity index (χ0n) is 10.1. The summed E-state index contributed by atoms with van der Waals surface area (Å²) >= 11 is 1.91. The molecule has 0 radical (unpaired) electrons. The highest BCUT2D eigenvalue weighted by Crippen LogP contribution is 2.35. The summed E-state index contributed by atoms with van der Waals surface area (Å²) in [4.78, 5) is 5.38. The van der Waals surface area contributed by atoms with Crippen molar-refractivity contribution in [1.29, 1.82) is 5.41 Å². The van der Waals surface area contributed by atoms with Gasteiger partial charge >= 0.3 is 0 Å². The van der Waals surface area contributed by atoms with Gasteiger partial charge in [0.05, 0.1) is 0 Å². The number of pyridine rings is 1. The smallest absolute Gasteiger partial charge is 0.141 e. The quantitative estimate of drug-likeness (QED) is 0.639. The Morgan fingerprint density at radius 2 is 2.29 bits per heavy atom. The largest absolute Gasteiger partial charge is 0.382 e. The molecule has 1 aromatic heterocycles. The number of nitrogens with zero attached hydrogens (tertiary/aromatic N) is 1. The van der Waals surface area contributed by atoms with Crippen LogP contribution in [0, 0.1) is 11.3 Å². The highest BCUT2D eigenvalue weighted by molar-refractivity contribution is 8.00. The van der Waals surface area contributed by atoms with Crippen molar-refractivity contribution in [2.75, 3.05) is 0 Å². The van der Waals surface area contributed by atoms with E-state index in [-0.39, 0.29) is 5.84 Å². The molecular weight excluding hydrogens is 230 g/mol. The molecule has 3 nitrogen and oxygen atoms in total. The Kier molecular flexibility index (Phi) is 4.05. The van der Waals surface area contributed by atoms with Gasteiger partial charge in [-0.3, -0.25) is 10.4 Å². The number of amidine groups is 1. The average molecular weight is 249 g/mol. The lowest BCUT2D eigenvalue weighted by atomic mass is 9.91. The lowest BCUT2D eigenvalue weighted by Crippen LogP contribution is -2.15. The molecule has 2 unspecified atom stereocenters. The summed E-state index contributed by atoms with van der Waals surface area (Å²) in [6.07, 6.45) is 7.17. The van der Waals surface area contributed by atoms with E-state index in [9.17, 15) is 0 Å². The summed E-state index contributed by atoms with van der Waals surface area (Å²) in [5.41, 5.74) is 5.94. The number of nitrogens with two attached hydrogens (primary N) is 1. The third kappa shape index (κ3) is 3.46. The van der Waals surface area contributed by atoms with E-state index in [1.54, 1.807) is 0 Å². The molecule has 0 aliphatic heterocycles. The Hall–Kier alpha value is -1.03. The fraction of sp³-hybridized carbons (Fsp3) is 0.538. The monoisotopic (exact) mass is 249 g/mol. The second kappa shape index (κ2) is 5.54. The van der Waals surface area contributed by atoms with Gasteiger partial charge in [-0.15, -0.1) is 11.8 Å². The molecule has 2 rings (SSSR count). The van der Waals surface area contributed by atoms with Crippen molar-refractivity contribution >= 4 is 17.6 Å².